The maximum atomic E-state index is 4.01. The number of fused-ring (bicyclic) bond motifs is 2. The van der Waals surface area contributed by atoms with E-state index in [9.17, 15) is 0 Å². The Balaban J connectivity index is 1.56. The standard InChI is InChI=1S/C32H36N2/c1-3-13-25(14-4-1)33-29-21-19-23-11-7-9-17-27(23)31(29)32-28-18-10-8-12-24(28)20-22-30(32)34-26-15-5-2-6-16-26/h7-12,17-22,25-26,33-34H,1-6,13-16H2. The van der Waals surface area contributed by atoms with Gasteiger partial charge in [0.25, 0.3) is 0 Å². The third-order valence-electron chi connectivity index (χ3n) is 8.04. The minimum absolute atomic E-state index is 0.568. The Bertz CT molecular complexity index is 1180. The van der Waals surface area contributed by atoms with Crippen molar-refractivity contribution in [1.82, 2.24) is 0 Å². The molecule has 0 aliphatic heterocycles. The van der Waals surface area contributed by atoms with E-state index in [1.54, 1.807) is 0 Å². The summed E-state index contributed by atoms with van der Waals surface area (Å²) < 4.78 is 0. The monoisotopic (exact) mass is 448 g/mol. The van der Waals surface area contributed by atoms with Gasteiger partial charge in [0.2, 0.25) is 0 Å². The fourth-order valence-electron chi connectivity index (χ4n) is 6.26. The first kappa shape index (κ1) is 21.5. The second-order valence-corrected chi connectivity index (χ2v) is 10.4. The van der Waals surface area contributed by atoms with E-state index in [0.29, 0.717) is 12.1 Å². The van der Waals surface area contributed by atoms with Crippen molar-refractivity contribution in [3.05, 3.63) is 72.8 Å². The molecule has 2 saturated carbocycles. The molecule has 6 rings (SSSR count). The molecule has 174 valence electrons. The van der Waals surface area contributed by atoms with Crippen LogP contribution in [0.15, 0.2) is 72.8 Å². The number of rotatable bonds is 5. The number of hydrogen-bond donors (Lipinski definition) is 2. The van der Waals surface area contributed by atoms with Crippen LogP contribution in [-0.2, 0) is 0 Å². The highest BCUT2D eigenvalue weighted by Gasteiger charge is 2.22. The van der Waals surface area contributed by atoms with Crippen LogP contribution in [0, 0.1) is 0 Å². The highest BCUT2D eigenvalue weighted by molar-refractivity contribution is 6.13. The van der Waals surface area contributed by atoms with Gasteiger partial charge >= 0.3 is 0 Å². The first-order valence-corrected chi connectivity index (χ1v) is 13.4. The van der Waals surface area contributed by atoms with Crippen LogP contribution in [0.25, 0.3) is 32.7 Å². The van der Waals surface area contributed by atoms with Crippen molar-refractivity contribution in [2.45, 2.75) is 76.3 Å². The molecule has 0 spiro atoms. The summed E-state index contributed by atoms with van der Waals surface area (Å²) in [5.41, 5.74) is 5.29. The fraction of sp³-hybridized carbons (Fsp3) is 0.375. The third kappa shape index (κ3) is 4.27. The molecule has 0 radical (unpaired) electrons. The summed E-state index contributed by atoms with van der Waals surface area (Å²) in [5.74, 6) is 0. The van der Waals surface area contributed by atoms with Crippen molar-refractivity contribution in [1.29, 1.82) is 0 Å². The number of anilines is 2. The van der Waals surface area contributed by atoms with E-state index in [2.05, 4.69) is 83.4 Å². The molecule has 2 heteroatoms. The molecule has 0 amide bonds. The zero-order valence-corrected chi connectivity index (χ0v) is 20.2. The fourth-order valence-corrected chi connectivity index (χ4v) is 6.26. The normalized spacial score (nSPS) is 17.8. The van der Waals surface area contributed by atoms with Crippen LogP contribution >= 0.6 is 0 Å². The summed E-state index contributed by atoms with van der Waals surface area (Å²) in [6.45, 7) is 0. The van der Waals surface area contributed by atoms with E-state index in [4.69, 9.17) is 0 Å². The van der Waals surface area contributed by atoms with Crippen molar-refractivity contribution in [2.24, 2.45) is 0 Å². The Hall–Kier alpha value is -3.00. The van der Waals surface area contributed by atoms with E-state index in [0.717, 1.165) is 0 Å². The second-order valence-electron chi connectivity index (χ2n) is 10.4. The van der Waals surface area contributed by atoms with E-state index >= 15 is 0 Å². The van der Waals surface area contributed by atoms with Gasteiger partial charge in [0.1, 0.15) is 0 Å². The van der Waals surface area contributed by atoms with Crippen molar-refractivity contribution in [3.63, 3.8) is 0 Å². The molecule has 0 bridgehead atoms. The van der Waals surface area contributed by atoms with Gasteiger partial charge in [-0.05, 0) is 59.4 Å². The van der Waals surface area contributed by atoms with Crippen LogP contribution in [0.5, 0.6) is 0 Å². The average molecular weight is 449 g/mol. The maximum absolute atomic E-state index is 4.01. The first-order valence-electron chi connectivity index (χ1n) is 13.4. The SMILES string of the molecule is c1ccc2c(-c3c(NC4CCCCC4)ccc4ccccc34)c(NC3CCCCC3)ccc2c1. The van der Waals surface area contributed by atoms with Crippen LogP contribution in [0.1, 0.15) is 64.2 Å². The minimum Gasteiger partial charge on any atom is -0.382 e. The van der Waals surface area contributed by atoms with Gasteiger partial charge in [-0.25, -0.2) is 0 Å². The maximum Gasteiger partial charge on any atom is 0.0429 e. The molecule has 2 fully saturated rings. The molecule has 4 aromatic carbocycles. The zero-order valence-electron chi connectivity index (χ0n) is 20.2. The molecule has 2 N–H and O–H groups in total. The second kappa shape index (κ2) is 9.70. The van der Waals surface area contributed by atoms with Crippen molar-refractivity contribution in [2.75, 3.05) is 10.6 Å². The van der Waals surface area contributed by atoms with Crippen LogP contribution < -0.4 is 10.6 Å². The smallest absolute Gasteiger partial charge is 0.0429 e. The van der Waals surface area contributed by atoms with Crippen LogP contribution in [0.2, 0.25) is 0 Å². The minimum atomic E-state index is 0.568. The Morgan fingerprint density at radius 1 is 0.441 bits per heavy atom. The van der Waals surface area contributed by atoms with Crippen LogP contribution in [0.3, 0.4) is 0 Å². The molecule has 0 saturated heterocycles. The number of benzene rings is 4. The van der Waals surface area contributed by atoms with Gasteiger partial charge in [0.05, 0.1) is 0 Å². The molecular formula is C32H36N2. The van der Waals surface area contributed by atoms with Gasteiger partial charge in [-0.15, -0.1) is 0 Å². The lowest BCUT2D eigenvalue weighted by atomic mass is 9.89. The first-order chi connectivity index (χ1) is 16.9. The summed E-state index contributed by atoms with van der Waals surface area (Å²) in [6.07, 6.45) is 13.2. The molecule has 2 aliphatic rings. The molecule has 2 aliphatic carbocycles. The van der Waals surface area contributed by atoms with Gasteiger partial charge in [-0.3, -0.25) is 0 Å². The zero-order chi connectivity index (χ0) is 22.7. The summed E-state index contributed by atoms with van der Waals surface area (Å²) in [5, 5.41) is 13.3. The average Bonchev–Trinajstić information content (AvgIpc) is 2.90. The third-order valence-corrected chi connectivity index (χ3v) is 8.04. The predicted octanol–water partition coefficient (Wildman–Crippen LogP) is 9.15. The molecule has 34 heavy (non-hydrogen) atoms. The number of hydrogen-bond acceptors (Lipinski definition) is 2. The topological polar surface area (TPSA) is 24.1 Å². The summed E-state index contributed by atoms with van der Waals surface area (Å²) >= 11 is 0. The summed E-state index contributed by atoms with van der Waals surface area (Å²) in [6, 6.07) is 28.2. The van der Waals surface area contributed by atoms with Gasteiger partial charge in [-0.1, -0.05) is 99.2 Å². The molecule has 0 aromatic heterocycles. The predicted molar refractivity (Wildman–Crippen MR) is 148 cm³/mol. The summed E-state index contributed by atoms with van der Waals surface area (Å²) in [7, 11) is 0. The molecule has 0 unspecified atom stereocenters. The molecule has 0 atom stereocenters. The van der Waals surface area contributed by atoms with E-state index in [1.807, 2.05) is 0 Å². The Labute approximate surface area is 203 Å². The van der Waals surface area contributed by atoms with Crippen molar-refractivity contribution in [3.8, 4) is 11.1 Å². The Morgan fingerprint density at radius 2 is 0.853 bits per heavy atom. The molecule has 2 nitrogen and oxygen atoms in total. The highest BCUT2D eigenvalue weighted by Crippen LogP contribution is 2.44. The van der Waals surface area contributed by atoms with E-state index < -0.39 is 0 Å². The Morgan fingerprint density at radius 3 is 1.29 bits per heavy atom. The van der Waals surface area contributed by atoms with Crippen molar-refractivity contribution < 1.29 is 0 Å². The number of nitrogens with one attached hydrogen (secondary N) is 2. The lowest BCUT2D eigenvalue weighted by Gasteiger charge is -2.29. The highest BCUT2D eigenvalue weighted by atomic mass is 14.9. The molecular weight excluding hydrogens is 412 g/mol. The van der Waals surface area contributed by atoms with E-state index in [-0.39, 0.29) is 0 Å². The van der Waals surface area contributed by atoms with Gasteiger partial charge < -0.3 is 10.6 Å². The van der Waals surface area contributed by atoms with Gasteiger partial charge in [0, 0.05) is 34.6 Å². The molecule has 0 heterocycles. The lowest BCUT2D eigenvalue weighted by molar-refractivity contribution is 0.462. The summed E-state index contributed by atoms with van der Waals surface area (Å²) in [4.78, 5) is 0. The van der Waals surface area contributed by atoms with Gasteiger partial charge in [-0.2, -0.15) is 0 Å². The van der Waals surface area contributed by atoms with Crippen molar-refractivity contribution >= 4 is 32.9 Å². The van der Waals surface area contributed by atoms with E-state index in [1.165, 1.54) is 108 Å². The lowest BCUT2D eigenvalue weighted by Crippen LogP contribution is -2.23. The van der Waals surface area contributed by atoms with Gasteiger partial charge in [0.15, 0.2) is 0 Å². The largest absolute Gasteiger partial charge is 0.382 e. The van der Waals surface area contributed by atoms with Crippen LogP contribution in [0.4, 0.5) is 11.4 Å². The molecule has 4 aromatic rings. The Kier molecular flexibility index (Phi) is 6.14. The van der Waals surface area contributed by atoms with Crippen LogP contribution in [-0.4, -0.2) is 12.1 Å². The quantitative estimate of drug-likeness (QED) is 0.318.